The average Bonchev–Trinajstić information content (AvgIpc) is 3.34. The summed E-state index contributed by atoms with van der Waals surface area (Å²) in [7, 11) is 3.86. The first-order valence-electron chi connectivity index (χ1n) is 11.1. The fourth-order valence-electron chi connectivity index (χ4n) is 4.61. The van der Waals surface area contributed by atoms with E-state index < -0.39 is 11.5 Å². The molecule has 2 fully saturated rings. The highest BCUT2D eigenvalue weighted by Gasteiger charge is 2.55. The van der Waals surface area contributed by atoms with Crippen LogP contribution in [0.25, 0.3) is 0 Å². The Kier molecular flexibility index (Phi) is 6.72. The van der Waals surface area contributed by atoms with Crippen molar-refractivity contribution in [3.8, 4) is 0 Å². The molecular weight excluding hydrogens is 442 g/mol. The fourth-order valence-corrected chi connectivity index (χ4v) is 4.73. The number of hydrogen-bond donors (Lipinski definition) is 2. The maximum atomic E-state index is 13.4. The van der Waals surface area contributed by atoms with Gasteiger partial charge in [-0.2, -0.15) is 0 Å². The normalized spacial score (nSPS) is 22.5. The molecule has 33 heavy (non-hydrogen) atoms. The molecule has 0 radical (unpaired) electrons. The van der Waals surface area contributed by atoms with E-state index in [4.69, 9.17) is 16.3 Å². The summed E-state index contributed by atoms with van der Waals surface area (Å²) in [5.74, 6) is -1.36. The highest BCUT2D eigenvalue weighted by molar-refractivity contribution is 6.30. The van der Waals surface area contributed by atoms with Gasteiger partial charge in [0.2, 0.25) is 5.91 Å². The highest BCUT2D eigenvalue weighted by Crippen LogP contribution is 2.38. The minimum Gasteiger partial charge on any atom is -0.378 e. The van der Waals surface area contributed by atoms with Crippen molar-refractivity contribution in [2.24, 2.45) is 0 Å². The van der Waals surface area contributed by atoms with Gasteiger partial charge in [-0.3, -0.25) is 14.4 Å². The first-order chi connectivity index (χ1) is 15.8. The molecule has 1 saturated carbocycles. The number of nitrogens with one attached hydrogen (secondary N) is 2. The number of amides is 2. The quantitative estimate of drug-likeness (QED) is 0.651. The Bertz CT molecular complexity index is 1040. The van der Waals surface area contributed by atoms with Crippen LogP contribution in [0.15, 0.2) is 48.5 Å². The minimum atomic E-state index is -0.965. The molecule has 4 rings (SSSR count). The summed E-state index contributed by atoms with van der Waals surface area (Å²) in [4.78, 5) is 40.8. The van der Waals surface area contributed by atoms with Crippen LogP contribution in [0.3, 0.4) is 0 Å². The van der Waals surface area contributed by atoms with Crippen LogP contribution in [0.1, 0.15) is 41.1 Å². The molecule has 174 valence electrons. The van der Waals surface area contributed by atoms with Gasteiger partial charge in [-0.1, -0.05) is 23.7 Å². The largest absolute Gasteiger partial charge is 0.378 e. The van der Waals surface area contributed by atoms with E-state index in [0.717, 1.165) is 18.5 Å². The number of fused-ring (bicyclic) bond motifs is 1. The molecule has 2 amide bonds. The molecular formula is C25H28ClN3O4. The van der Waals surface area contributed by atoms with Crippen LogP contribution in [0.4, 0.5) is 5.69 Å². The minimum absolute atomic E-state index is 0.0240. The summed E-state index contributed by atoms with van der Waals surface area (Å²) in [6.07, 6.45) is 1.85. The van der Waals surface area contributed by atoms with E-state index in [2.05, 4.69) is 10.6 Å². The molecule has 8 heteroatoms. The van der Waals surface area contributed by atoms with E-state index in [1.165, 1.54) is 0 Å². The molecule has 0 aromatic heterocycles. The number of nitrogens with zero attached hydrogens (tertiary/aromatic N) is 1. The topological polar surface area (TPSA) is 87.7 Å². The zero-order valence-corrected chi connectivity index (χ0v) is 19.5. The summed E-state index contributed by atoms with van der Waals surface area (Å²) in [6, 6.07) is 14.2. The van der Waals surface area contributed by atoms with E-state index in [1.807, 2.05) is 31.1 Å². The van der Waals surface area contributed by atoms with Crippen molar-refractivity contribution < 1.29 is 19.1 Å². The van der Waals surface area contributed by atoms with Gasteiger partial charge in [0.1, 0.15) is 12.1 Å². The second-order valence-electron chi connectivity index (χ2n) is 8.83. The van der Waals surface area contributed by atoms with Crippen LogP contribution in [-0.2, 0) is 14.3 Å². The number of anilines is 1. The third-order valence-corrected chi connectivity index (χ3v) is 6.80. The SMILES string of the molecule is CN(C)c1ccc(C(=O)NCC(C(=O)NC23CCCC2OCC3=O)c2ccc(Cl)cc2)cc1. The van der Waals surface area contributed by atoms with Crippen molar-refractivity contribution in [2.75, 3.05) is 32.1 Å². The zero-order valence-electron chi connectivity index (χ0n) is 18.8. The third kappa shape index (κ3) is 4.75. The average molecular weight is 470 g/mol. The van der Waals surface area contributed by atoms with Crippen molar-refractivity contribution >= 4 is 34.9 Å². The lowest BCUT2D eigenvalue weighted by atomic mass is 9.90. The number of rotatable bonds is 7. The number of ketones is 1. The van der Waals surface area contributed by atoms with Gasteiger partial charge in [-0.05, 0) is 61.2 Å². The summed E-state index contributed by atoms with van der Waals surface area (Å²) < 4.78 is 5.62. The number of benzene rings is 2. The Balaban J connectivity index is 1.51. The molecule has 1 saturated heterocycles. The lowest BCUT2D eigenvalue weighted by Gasteiger charge is -2.30. The number of halogens is 1. The predicted octanol–water partition coefficient (Wildman–Crippen LogP) is 2.93. The van der Waals surface area contributed by atoms with Crippen molar-refractivity contribution in [1.82, 2.24) is 10.6 Å². The van der Waals surface area contributed by atoms with Crippen LogP contribution >= 0.6 is 11.6 Å². The summed E-state index contributed by atoms with van der Waals surface area (Å²) >= 11 is 6.03. The van der Waals surface area contributed by atoms with E-state index >= 15 is 0 Å². The van der Waals surface area contributed by atoms with Gasteiger partial charge < -0.3 is 20.3 Å². The monoisotopic (exact) mass is 469 g/mol. The molecule has 3 atom stereocenters. The maximum Gasteiger partial charge on any atom is 0.251 e. The Hall–Kier alpha value is -2.90. The first kappa shape index (κ1) is 23.3. The molecule has 3 unspecified atom stereocenters. The zero-order chi connectivity index (χ0) is 23.6. The molecule has 1 aliphatic carbocycles. The first-order valence-corrected chi connectivity index (χ1v) is 11.5. The lowest BCUT2D eigenvalue weighted by Crippen LogP contribution is -2.57. The van der Waals surface area contributed by atoms with Crippen molar-refractivity contribution in [3.63, 3.8) is 0 Å². The van der Waals surface area contributed by atoms with Crippen LogP contribution in [-0.4, -0.2) is 56.5 Å². The number of carbonyl (C=O) groups is 3. The van der Waals surface area contributed by atoms with Gasteiger partial charge in [-0.25, -0.2) is 0 Å². The second kappa shape index (κ2) is 9.53. The summed E-state index contributed by atoms with van der Waals surface area (Å²) in [6.45, 7) is 0.105. The van der Waals surface area contributed by atoms with Crippen molar-refractivity contribution in [1.29, 1.82) is 0 Å². The van der Waals surface area contributed by atoms with Gasteiger partial charge in [-0.15, -0.1) is 0 Å². The number of hydrogen-bond acceptors (Lipinski definition) is 5. The number of Topliss-reactive ketones (excluding diaryl/α,β-unsaturated/α-hetero) is 1. The van der Waals surface area contributed by atoms with Crippen LogP contribution < -0.4 is 15.5 Å². The van der Waals surface area contributed by atoms with Gasteiger partial charge in [0.05, 0.1) is 12.0 Å². The van der Waals surface area contributed by atoms with Crippen LogP contribution in [0.5, 0.6) is 0 Å². The van der Waals surface area contributed by atoms with Gasteiger partial charge in [0, 0.05) is 36.9 Å². The molecule has 7 nitrogen and oxygen atoms in total. The molecule has 0 spiro atoms. The van der Waals surface area contributed by atoms with E-state index in [9.17, 15) is 14.4 Å². The molecule has 2 aromatic carbocycles. The third-order valence-electron chi connectivity index (χ3n) is 6.55. The van der Waals surface area contributed by atoms with Crippen molar-refractivity contribution in [3.05, 3.63) is 64.7 Å². The smallest absolute Gasteiger partial charge is 0.251 e. The Morgan fingerprint density at radius 1 is 1.15 bits per heavy atom. The molecule has 2 aliphatic rings. The Morgan fingerprint density at radius 2 is 1.85 bits per heavy atom. The van der Waals surface area contributed by atoms with E-state index in [-0.39, 0.29) is 36.9 Å². The Morgan fingerprint density at radius 3 is 2.52 bits per heavy atom. The summed E-state index contributed by atoms with van der Waals surface area (Å²) in [5, 5.41) is 6.42. The summed E-state index contributed by atoms with van der Waals surface area (Å²) in [5.41, 5.74) is 1.23. The van der Waals surface area contributed by atoms with Gasteiger partial charge in [0.25, 0.3) is 5.91 Å². The molecule has 2 aromatic rings. The molecule has 1 aliphatic heterocycles. The van der Waals surface area contributed by atoms with Crippen LogP contribution in [0, 0.1) is 0 Å². The van der Waals surface area contributed by atoms with Crippen molar-refractivity contribution in [2.45, 2.75) is 36.8 Å². The second-order valence-corrected chi connectivity index (χ2v) is 9.27. The maximum absolute atomic E-state index is 13.4. The molecule has 0 bridgehead atoms. The number of ether oxygens (including phenoxy) is 1. The Labute approximate surface area is 198 Å². The highest BCUT2D eigenvalue weighted by atomic mass is 35.5. The molecule has 2 N–H and O–H groups in total. The van der Waals surface area contributed by atoms with Gasteiger partial charge >= 0.3 is 0 Å². The molecule has 1 heterocycles. The fraction of sp³-hybridized carbons (Fsp3) is 0.400. The van der Waals surface area contributed by atoms with Crippen LogP contribution in [0.2, 0.25) is 5.02 Å². The standard InChI is InChI=1S/C25H28ClN3O4/c1-29(2)19-11-7-17(8-12-19)23(31)27-14-20(16-5-9-18(26)10-6-16)24(32)28-25-13-3-4-22(25)33-15-21(25)30/h5-12,20,22H,3-4,13-15H2,1-2H3,(H,27,31)(H,28,32). The van der Waals surface area contributed by atoms with Gasteiger partial charge in [0.15, 0.2) is 5.78 Å². The van der Waals surface area contributed by atoms with E-state index in [0.29, 0.717) is 22.6 Å². The lowest BCUT2D eigenvalue weighted by molar-refractivity contribution is -0.130. The van der Waals surface area contributed by atoms with E-state index in [1.54, 1.807) is 36.4 Å². The predicted molar refractivity (Wildman–Crippen MR) is 127 cm³/mol. The number of carbonyl (C=O) groups excluding carboxylic acids is 3.